The van der Waals surface area contributed by atoms with E-state index in [0.717, 1.165) is 69.8 Å². The van der Waals surface area contributed by atoms with Gasteiger partial charge < -0.3 is 9.47 Å². The summed E-state index contributed by atoms with van der Waals surface area (Å²) < 4.78 is 12.1. The molecular formula is C29H46O4. The first kappa shape index (κ1) is 24.8. The molecule has 3 atom stereocenters. The quantitative estimate of drug-likeness (QED) is 0.341. The summed E-state index contributed by atoms with van der Waals surface area (Å²) >= 11 is 0. The molecule has 2 bridgehead atoms. The maximum absolute atomic E-state index is 13.3. The van der Waals surface area contributed by atoms with E-state index in [1.807, 2.05) is 0 Å². The minimum absolute atomic E-state index is 0.000160. The number of hydrogen-bond donors (Lipinski definition) is 0. The van der Waals surface area contributed by atoms with Gasteiger partial charge in [0, 0.05) is 0 Å². The molecule has 4 nitrogen and oxygen atoms in total. The van der Waals surface area contributed by atoms with E-state index in [1.165, 1.54) is 0 Å². The first-order valence-electron chi connectivity index (χ1n) is 13.5. The van der Waals surface area contributed by atoms with Crippen molar-refractivity contribution in [3.63, 3.8) is 0 Å². The average Bonchev–Trinajstić information content (AvgIpc) is 3.35. The minimum Gasteiger partial charge on any atom is -0.462 e. The van der Waals surface area contributed by atoms with Crippen molar-refractivity contribution in [2.45, 2.75) is 118 Å². The summed E-state index contributed by atoms with van der Waals surface area (Å²) in [6.07, 6.45) is 12.1. The van der Waals surface area contributed by atoms with Gasteiger partial charge in [-0.25, -0.2) is 0 Å². The van der Waals surface area contributed by atoms with Gasteiger partial charge in [-0.15, -0.1) is 0 Å². The van der Waals surface area contributed by atoms with Crippen LogP contribution in [0.5, 0.6) is 0 Å². The van der Waals surface area contributed by atoms with Crippen molar-refractivity contribution in [1.82, 2.24) is 0 Å². The molecule has 4 aliphatic rings. The van der Waals surface area contributed by atoms with Crippen LogP contribution in [0, 0.1) is 40.4 Å². The van der Waals surface area contributed by atoms with Gasteiger partial charge in [-0.1, -0.05) is 53.2 Å². The average molecular weight is 459 g/mol. The fourth-order valence-electron chi connectivity index (χ4n) is 7.00. The van der Waals surface area contributed by atoms with Crippen LogP contribution in [0.3, 0.4) is 0 Å². The highest BCUT2D eigenvalue weighted by atomic mass is 16.6. The lowest BCUT2D eigenvalue weighted by Gasteiger charge is -2.38. The molecule has 33 heavy (non-hydrogen) atoms. The van der Waals surface area contributed by atoms with Crippen LogP contribution in [0.25, 0.3) is 0 Å². The Hall–Kier alpha value is -1.32. The molecule has 0 N–H and O–H groups in total. The molecule has 3 unspecified atom stereocenters. The molecule has 0 radical (unpaired) electrons. The van der Waals surface area contributed by atoms with E-state index >= 15 is 0 Å². The Bertz CT molecular complexity index is 751. The van der Waals surface area contributed by atoms with Crippen molar-refractivity contribution < 1.29 is 19.1 Å². The Morgan fingerprint density at radius 3 is 1.64 bits per heavy atom. The van der Waals surface area contributed by atoms with Crippen LogP contribution in [0.1, 0.15) is 106 Å². The molecule has 0 aromatic heterocycles. The highest BCUT2D eigenvalue weighted by molar-refractivity contribution is 5.86. The molecule has 3 fully saturated rings. The first-order valence-corrected chi connectivity index (χ1v) is 13.5. The van der Waals surface area contributed by atoms with Gasteiger partial charge in [-0.2, -0.15) is 0 Å². The van der Waals surface area contributed by atoms with E-state index in [-0.39, 0.29) is 36.0 Å². The molecule has 4 aliphatic carbocycles. The van der Waals surface area contributed by atoms with Crippen molar-refractivity contribution in [3.05, 3.63) is 11.6 Å². The second-order valence-electron chi connectivity index (χ2n) is 13.5. The smallest absolute Gasteiger partial charge is 0.314 e. The second-order valence-corrected chi connectivity index (χ2v) is 13.5. The van der Waals surface area contributed by atoms with Crippen molar-refractivity contribution in [3.8, 4) is 0 Å². The lowest BCUT2D eigenvalue weighted by Crippen LogP contribution is -2.39. The Labute approximate surface area is 201 Å². The Kier molecular flexibility index (Phi) is 7.05. The molecule has 0 aliphatic heterocycles. The van der Waals surface area contributed by atoms with Gasteiger partial charge in [0.05, 0.1) is 11.8 Å². The molecular weight excluding hydrogens is 412 g/mol. The van der Waals surface area contributed by atoms with Crippen LogP contribution < -0.4 is 0 Å². The fraction of sp³-hybridized carbons (Fsp3) is 0.862. The second kappa shape index (κ2) is 9.38. The maximum Gasteiger partial charge on any atom is 0.314 e. The topological polar surface area (TPSA) is 52.6 Å². The third-order valence-electron chi connectivity index (χ3n) is 9.34. The maximum atomic E-state index is 13.3. The predicted octanol–water partition coefficient (Wildman–Crippen LogP) is 6.87. The van der Waals surface area contributed by atoms with E-state index in [0.29, 0.717) is 22.7 Å². The van der Waals surface area contributed by atoms with Crippen LogP contribution >= 0.6 is 0 Å². The van der Waals surface area contributed by atoms with Crippen molar-refractivity contribution >= 4 is 11.9 Å². The minimum atomic E-state index is -0.414. The Morgan fingerprint density at radius 1 is 0.727 bits per heavy atom. The lowest BCUT2D eigenvalue weighted by atomic mass is 9.72. The zero-order valence-corrected chi connectivity index (χ0v) is 21.8. The Balaban J connectivity index is 1.33. The number of carbonyl (C=O) groups is 2. The number of fused-ring (bicyclic) bond motifs is 2. The van der Waals surface area contributed by atoms with Crippen molar-refractivity contribution in [2.24, 2.45) is 40.4 Å². The summed E-state index contributed by atoms with van der Waals surface area (Å²) in [5, 5.41) is 0. The molecule has 0 aromatic rings. The van der Waals surface area contributed by atoms with Gasteiger partial charge in [0.25, 0.3) is 0 Å². The van der Waals surface area contributed by atoms with E-state index in [9.17, 15) is 9.59 Å². The number of ether oxygens (including phenoxy) is 2. The zero-order valence-electron chi connectivity index (χ0n) is 21.8. The summed E-state index contributed by atoms with van der Waals surface area (Å²) in [5.41, 5.74) is 1.74. The third-order valence-corrected chi connectivity index (χ3v) is 9.34. The summed E-state index contributed by atoms with van der Waals surface area (Å²) in [6.45, 7) is 13.8. The largest absolute Gasteiger partial charge is 0.462 e. The third kappa shape index (κ3) is 5.51. The molecule has 4 rings (SSSR count). The van der Waals surface area contributed by atoms with Crippen LogP contribution in [0.4, 0.5) is 0 Å². The monoisotopic (exact) mass is 458 g/mol. The normalized spacial score (nSPS) is 36.9. The highest BCUT2D eigenvalue weighted by Crippen LogP contribution is 2.50. The van der Waals surface area contributed by atoms with E-state index in [2.05, 4.69) is 47.6 Å². The summed E-state index contributed by atoms with van der Waals surface area (Å²) in [7, 11) is 0. The zero-order chi connectivity index (χ0) is 24.0. The number of rotatable bonds is 4. The van der Waals surface area contributed by atoms with Crippen LogP contribution in [0.15, 0.2) is 11.6 Å². The molecule has 0 heterocycles. The number of esters is 2. The molecule has 0 spiro atoms. The molecule has 0 saturated heterocycles. The van der Waals surface area contributed by atoms with E-state index in [1.54, 1.807) is 0 Å². The lowest BCUT2D eigenvalue weighted by molar-refractivity contribution is -0.168. The van der Waals surface area contributed by atoms with Gasteiger partial charge in [-0.3, -0.25) is 9.59 Å². The first-order chi connectivity index (χ1) is 15.4. The van der Waals surface area contributed by atoms with Crippen molar-refractivity contribution in [2.75, 3.05) is 0 Å². The van der Waals surface area contributed by atoms with Gasteiger partial charge in [0.15, 0.2) is 0 Å². The summed E-state index contributed by atoms with van der Waals surface area (Å²) in [6, 6.07) is 0. The van der Waals surface area contributed by atoms with E-state index < -0.39 is 5.92 Å². The highest BCUT2D eigenvalue weighted by Gasteiger charge is 2.52. The molecule has 4 heteroatoms. The molecule has 0 amide bonds. The van der Waals surface area contributed by atoms with Gasteiger partial charge in [0.2, 0.25) is 0 Å². The fourth-order valence-corrected chi connectivity index (χ4v) is 7.00. The van der Waals surface area contributed by atoms with Crippen LogP contribution in [0.2, 0.25) is 0 Å². The summed E-state index contributed by atoms with van der Waals surface area (Å²) in [4.78, 5) is 26.6. The molecule has 3 saturated carbocycles. The van der Waals surface area contributed by atoms with Crippen molar-refractivity contribution in [1.29, 1.82) is 0 Å². The SMILES string of the molecule is CC(C)(C)C1CCC(OC(=O)C2C3=CCC(C3)C2C(=O)OC2CCC(C(C)(C)C)CC2)CC1. The van der Waals surface area contributed by atoms with E-state index in [4.69, 9.17) is 9.47 Å². The number of carbonyl (C=O) groups excluding carboxylic acids is 2. The predicted molar refractivity (Wildman–Crippen MR) is 130 cm³/mol. The van der Waals surface area contributed by atoms with Gasteiger partial charge in [-0.05, 0) is 92.8 Å². The molecule has 0 aromatic carbocycles. The number of hydrogen-bond acceptors (Lipinski definition) is 4. The molecule has 186 valence electrons. The number of allylic oxidation sites excluding steroid dienone is 1. The summed E-state index contributed by atoms with van der Waals surface area (Å²) in [5.74, 6) is 0.505. The Morgan fingerprint density at radius 2 is 1.18 bits per heavy atom. The van der Waals surface area contributed by atoms with Crippen LogP contribution in [-0.2, 0) is 19.1 Å². The van der Waals surface area contributed by atoms with Crippen LogP contribution in [-0.4, -0.2) is 24.1 Å². The standard InChI is InChI=1S/C29H46O4/c1-28(2,3)20-9-13-22(14-10-20)32-26(30)24-18-7-8-19(17-18)25(24)27(31)33-23-15-11-21(12-16-23)29(4,5)6/h7,19-25H,8-17H2,1-6H3. The van der Waals surface area contributed by atoms with Gasteiger partial charge in [0.1, 0.15) is 12.2 Å². The van der Waals surface area contributed by atoms with Gasteiger partial charge >= 0.3 is 11.9 Å².